The fraction of sp³-hybridized carbons (Fsp3) is 0.318. The standard InChI is InChI=1S/C22H24N4O/c1-15(16-7-3-2-4-8-16)24-20(27)13-14-23-22-18-9-5-6-10-19(18)25-21(26-22)17-11-12-17/h2-10,15,17H,11-14H2,1H3,(H,24,27)(H,23,25,26)/t15-/m1/s1. The van der Waals surface area contributed by atoms with E-state index in [1.807, 2.05) is 61.5 Å². The summed E-state index contributed by atoms with van der Waals surface area (Å²) in [6.07, 6.45) is 2.73. The monoisotopic (exact) mass is 360 g/mol. The van der Waals surface area contributed by atoms with Crippen LogP contribution in [-0.2, 0) is 4.79 Å². The van der Waals surface area contributed by atoms with Gasteiger partial charge in [-0.3, -0.25) is 4.79 Å². The average molecular weight is 360 g/mol. The molecule has 0 bridgehead atoms. The molecular weight excluding hydrogens is 336 g/mol. The molecule has 1 aromatic heterocycles. The first kappa shape index (κ1) is 17.5. The number of rotatable bonds is 7. The van der Waals surface area contributed by atoms with Gasteiger partial charge in [0.15, 0.2) is 0 Å². The van der Waals surface area contributed by atoms with Crippen molar-refractivity contribution in [3.8, 4) is 0 Å². The smallest absolute Gasteiger partial charge is 0.222 e. The number of fused-ring (bicyclic) bond motifs is 1. The van der Waals surface area contributed by atoms with Crippen molar-refractivity contribution in [3.05, 3.63) is 66.0 Å². The number of nitrogens with zero attached hydrogens (tertiary/aromatic N) is 2. The van der Waals surface area contributed by atoms with E-state index in [-0.39, 0.29) is 11.9 Å². The number of benzene rings is 2. The summed E-state index contributed by atoms with van der Waals surface area (Å²) in [6.45, 7) is 2.54. The van der Waals surface area contributed by atoms with E-state index in [2.05, 4.69) is 15.6 Å². The summed E-state index contributed by atoms with van der Waals surface area (Å²) in [7, 11) is 0. The number of para-hydroxylation sites is 1. The number of amides is 1. The van der Waals surface area contributed by atoms with E-state index in [4.69, 9.17) is 4.98 Å². The number of carbonyl (C=O) groups is 1. The molecule has 0 aliphatic heterocycles. The molecule has 0 spiro atoms. The first-order valence-corrected chi connectivity index (χ1v) is 9.55. The second kappa shape index (κ2) is 7.74. The van der Waals surface area contributed by atoms with Crippen molar-refractivity contribution in [3.63, 3.8) is 0 Å². The van der Waals surface area contributed by atoms with Gasteiger partial charge in [0.05, 0.1) is 11.6 Å². The Kier molecular flexibility index (Phi) is 5.01. The normalized spacial score (nSPS) is 14.7. The fourth-order valence-electron chi connectivity index (χ4n) is 3.19. The van der Waals surface area contributed by atoms with E-state index in [9.17, 15) is 4.79 Å². The number of hydrogen-bond acceptors (Lipinski definition) is 4. The summed E-state index contributed by atoms with van der Waals surface area (Å²) < 4.78 is 0. The molecule has 1 fully saturated rings. The van der Waals surface area contributed by atoms with E-state index in [1.54, 1.807) is 0 Å². The molecule has 0 radical (unpaired) electrons. The third-order valence-corrected chi connectivity index (χ3v) is 4.88. The summed E-state index contributed by atoms with van der Waals surface area (Å²) in [5, 5.41) is 7.39. The van der Waals surface area contributed by atoms with Gasteiger partial charge in [-0.2, -0.15) is 0 Å². The maximum atomic E-state index is 12.3. The highest BCUT2D eigenvalue weighted by molar-refractivity contribution is 5.89. The molecule has 27 heavy (non-hydrogen) atoms. The minimum atomic E-state index is 0.0000460. The van der Waals surface area contributed by atoms with Gasteiger partial charge in [0.1, 0.15) is 11.6 Å². The third-order valence-electron chi connectivity index (χ3n) is 4.88. The van der Waals surface area contributed by atoms with Crippen LogP contribution in [0.2, 0.25) is 0 Å². The van der Waals surface area contributed by atoms with Crippen molar-refractivity contribution >= 4 is 22.6 Å². The Morgan fingerprint density at radius 3 is 2.59 bits per heavy atom. The molecular formula is C22H24N4O. The van der Waals surface area contributed by atoms with Gasteiger partial charge in [0.2, 0.25) is 5.91 Å². The second-order valence-electron chi connectivity index (χ2n) is 7.10. The number of hydrogen-bond donors (Lipinski definition) is 2. The fourth-order valence-corrected chi connectivity index (χ4v) is 3.19. The summed E-state index contributed by atoms with van der Waals surface area (Å²) in [5.74, 6) is 2.26. The molecule has 0 saturated heterocycles. The van der Waals surface area contributed by atoms with Gasteiger partial charge in [0.25, 0.3) is 0 Å². The molecule has 4 rings (SSSR count). The van der Waals surface area contributed by atoms with E-state index in [0.717, 1.165) is 41.0 Å². The lowest BCUT2D eigenvalue weighted by atomic mass is 10.1. The largest absolute Gasteiger partial charge is 0.369 e. The topological polar surface area (TPSA) is 66.9 Å². The number of anilines is 1. The zero-order chi connectivity index (χ0) is 18.6. The van der Waals surface area contributed by atoms with Crippen molar-refractivity contribution in [1.82, 2.24) is 15.3 Å². The maximum Gasteiger partial charge on any atom is 0.222 e. The molecule has 5 nitrogen and oxygen atoms in total. The minimum absolute atomic E-state index is 0.0000460. The highest BCUT2D eigenvalue weighted by Gasteiger charge is 2.27. The molecule has 1 amide bonds. The molecule has 1 heterocycles. The Bertz CT molecular complexity index is 937. The van der Waals surface area contributed by atoms with Crippen LogP contribution in [0, 0.1) is 0 Å². The molecule has 1 saturated carbocycles. The molecule has 3 aromatic rings. The van der Waals surface area contributed by atoms with E-state index in [1.165, 1.54) is 0 Å². The summed E-state index contributed by atoms with van der Waals surface area (Å²) in [6, 6.07) is 18.0. The molecule has 5 heteroatoms. The predicted octanol–water partition coefficient (Wildman–Crippen LogP) is 4.19. The van der Waals surface area contributed by atoms with Crippen LogP contribution in [-0.4, -0.2) is 22.4 Å². The van der Waals surface area contributed by atoms with Crippen LogP contribution < -0.4 is 10.6 Å². The van der Waals surface area contributed by atoms with Crippen LogP contribution in [0.25, 0.3) is 10.9 Å². The van der Waals surface area contributed by atoms with E-state index >= 15 is 0 Å². The first-order chi connectivity index (χ1) is 13.2. The lowest BCUT2D eigenvalue weighted by Crippen LogP contribution is -2.28. The number of aromatic nitrogens is 2. The van der Waals surface area contributed by atoms with Gasteiger partial charge in [0, 0.05) is 24.3 Å². The van der Waals surface area contributed by atoms with Crippen molar-refractivity contribution in [2.45, 2.75) is 38.1 Å². The Hall–Kier alpha value is -2.95. The van der Waals surface area contributed by atoms with E-state index in [0.29, 0.717) is 18.9 Å². The van der Waals surface area contributed by atoms with Crippen molar-refractivity contribution in [2.75, 3.05) is 11.9 Å². The van der Waals surface area contributed by atoms with Crippen LogP contribution in [0.1, 0.15) is 49.5 Å². The predicted molar refractivity (Wildman–Crippen MR) is 108 cm³/mol. The highest BCUT2D eigenvalue weighted by Crippen LogP contribution is 2.39. The van der Waals surface area contributed by atoms with Crippen molar-refractivity contribution in [1.29, 1.82) is 0 Å². The molecule has 1 atom stereocenters. The van der Waals surface area contributed by atoms with Gasteiger partial charge in [-0.15, -0.1) is 0 Å². The third kappa shape index (κ3) is 4.25. The van der Waals surface area contributed by atoms with Crippen LogP contribution in [0.4, 0.5) is 5.82 Å². The Balaban J connectivity index is 1.38. The van der Waals surface area contributed by atoms with E-state index < -0.39 is 0 Å². The molecule has 0 unspecified atom stereocenters. The lowest BCUT2D eigenvalue weighted by molar-refractivity contribution is -0.121. The van der Waals surface area contributed by atoms with Gasteiger partial charge >= 0.3 is 0 Å². The summed E-state index contributed by atoms with van der Waals surface area (Å²) in [4.78, 5) is 21.7. The quantitative estimate of drug-likeness (QED) is 0.663. The van der Waals surface area contributed by atoms with Crippen LogP contribution in [0.3, 0.4) is 0 Å². The number of nitrogens with one attached hydrogen (secondary N) is 2. The second-order valence-corrected chi connectivity index (χ2v) is 7.10. The van der Waals surface area contributed by atoms with Gasteiger partial charge in [-0.1, -0.05) is 42.5 Å². The molecule has 2 N–H and O–H groups in total. The maximum absolute atomic E-state index is 12.3. The molecule has 1 aliphatic rings. The van der Waals surface area contributed by atoms with Crippen LogP contribution in [0.15, 0.2) is 54.6 Å². The molecule has 2 aromatic carbocycles. The highest BCUT2D eigenvalue weighted by atomic mass is 16.1. The average Bonchev–Trinajstić information content (AvgIpc) is 3.54. The summed E-state index contributed by atoms with van der Waals surface area (Å²) >= 11 is 0. The van der Waals surface area contributed by atoms with Gasteiger partial charge in [-0.05, 0) is 37.5 Å². The van der Waals surface area contributed by atoms with Gasteiger partial charge in [-0.25, -0.2) is 9.97 Å². The zero-order valence-electron chi connectivity index (χ0n) is 15.5. The Morgan fingerprint density at radius 2 is 1.81 bits per heavy atom. The lowest BCUT2D eigenvalue weighted by Gasteiger charge is -2.15. The minimum Gasteiger partial charge on any atom is -0.369 e. The Labute approximate surface area is 159 Å². The van der Waals surface area contributed by atoms with Crippen LogP contribution >= 0.6 is 0 Å². The van der Waals surface area contributed by atoms with Crippen LogP contribution in [0.5, 0.6) is 0 Å². The SMILES string of the molecule is C[C@@H](NC(=O)CCNc1nc(C2CC2)nc2ccccc12)c1ccccc1. The summed E-state index contributed by atoms with van der Waals surface area (Å²) in [5.41, 5.74) is 2.06. The Morgan fingerprint density at radius 1 is 1.07 bits per heavy atom. The zero-order valence-corrected chi connectivity index (χ0v) is 15.5. The molecule has 138 valence electrons. The van der Waals surface area contributed by atoms with Crippen molar-refractivity contribution in [2.24, 2.45) is 0 Å². The molecule has 1 aliphatic carbocycles. The first-order valence-electron chi connectivity index (χ1n) is 9.55. The van der Waals surface area contributed by atoms with Gasteiger partial charge < -0.3 is 10.6 Å². The number of carbonyl (C=O) groups excluding carboxylic acids is 1. The van der Waals surface area contributed by atoms with Crippen molar-refractivity contribution < 1.29 is 4.79 Å².